The molecule has 1 N–H and O–H groups in total. The minimum atomic E-state index is -0.160. The number of aromatic nitrogens is 2. The van der Waals surface area contributed by atoms with Gasteiger partial charge in [0.25, 0.3) is 5.56 Å². The van der Waals surface area contributed by atoms with E-state index in [2.05, 4.69) is 5.32 Å². The number of carbonyl (C=O) groups is 1. The number of hydrogen-bond acceptors (Lipinski definition) is 6. The SMILES string of the molecule is CCOc1ccc(NC(=O)CSc2nc3sc4c(c3c(=O)n2-c2ccccc2)CCC4)cc1. The quantitative estimate of drug-likeness (QED) is 0.297. The average molecular weight is 478 g/mol. The zero-order valence-corrected chi connectivity index (χ0v) is 19.8. The molecule has 1 amide bonds. The van der Waals surface area contributed by atoms with Crippen molar-refractivity contribution in [1.82, 2.24) is 9.55 Å². The molecule has 0 saturated heterocycles. The van der Waals surface area contributed by atoms with E-state index in [9.17, 15) is 9.59 Å². The first-order chi connectivity index (χ1) is 16.1. The van der Waals surface area contributed by atoms with E-state index in [1.165, 1.54) is 16.6 Å². The number of aryl methyl sites for hydroxylation is 2. The summed E-state index contributed by atoms with van der Waals surface area (Å²) < 4.78 is 7.08. The van der Waals surface area contributed by atoms with Crippen LogP contribution in [0.15, 0.2) is 64.5 Å². The fourth-order valence-corrected chi connectivity index (χ4v) is 6.17. The lowest BCUT2D eigenvalue weighted by Gasteiger charge is -2.12. The molecule has 0 spiro atoms. The molecule has 4 aromatic rings. The Labute approximate surface area is 199 Å². The number of carbonyl (C=O) groups excluding carboxylic acids is 1. The summed E-state index contributed by atoms with van der Waals surface area (Å²) >= 11 is 2.88. The van der Waals surface area contributed by atoms with Crippen molar-refractivity contribution >= 4 is 44.9 Å². The van der Waals surface area contributed by atoms with Crippen molar-refractivity contribution in [2.24, 2.45) is 0 Å². The van der Waals surface area contributed by atoms with Crippen molar-refractivity contribution in [3.63, 3.8) is 0 Å². The molecule has 1 aliphatic rings. The fourth-order valence-electron chi connectivity index (χ4n) is 4.05. The third kappa shape index (κ3) is 4.41. The Morgan fingerprint density at radius 3 is 2.70 bits per heavy atom. The Kier molecular flexibility index (Phi) is 6.20. The Morgan fingerprint density at radius 2 is 1.94 bits per heavy atom. The predicted octanol–water partition coefficient (Wildman–Crippen LogP) is 5.07. The van der Waals surface area contributed by atoms with Gasteiger partial charge < -0.3 is 10.1 Å². The third-order valence-corrected chi connectivity index (χ3v) is 7.63. The van der Waals surface area contributed by atoms with Crippen LogP contribution in [0.2, 0.25) is 0 Å². The van der Waals surface area contributed by atoms with Crippen molar-refractivity contribution in [3.8, 4) is 11.4 Å². The number of thioether (sulfide) groups is 1. The molecule has 0 bridgehead atoms. The molecule has 2 aromatic heterocycles. The van der Waals surface area contributed by atoms with E-state index in [1.807, 2.05) is 61.5 Å². The van der Waals surface area contributed by atoms with E-state index in [4.69, 9.17) is 9.72 Å². The number of ether oxygens (including phenoxy) is 1. The molecule has 8 heteroatoms. The molecule has 2 heterocycles. The van der Waals surface area contributed by atoms with Crippen molar-refractivity contribution < 1.29 is 9.53 Å². The van der Waals surface area contributed by atoms with Gasteiger partial charge in [0.1, 0.15) is 10.6 Å². The van der Waals surface area contributed by atoms with Crippen LogP contribution in [-0.2, 0) is 17.6 Å². The molecular formula is C25H23N3O3S2. The summed E-state index contributed by atoms with van der Waals surface area (Å²) in [5.74, 6) is 0.743. The van der Waals surface area contributed by atoms with Gasteiger partial charge in [-0.1, -0.05) is 30.0 Å². The van der Waals surface area contributed by atoms with E-state index in [-0.39, 0.29) is 17.2 Å². The lowest BCUT2D eigenvalue weighted by molar-refractivity contribution is -0.113. The number of nitrogens with one attached hydrogen (secondary N) is 1. The summed E-state index contributed by atoms with van der Waals surface area (Å²) in [6.45, 7) is 2.52. The molecule has 5 rings (SSSR count). The summed E-state index contributed by atoms with van der Waals surface area (Å²) in [7, 11) is 0. The second kappa shape index (κ2) is 9.41. The Morgan fingerprint density at radius 1 is 1.15 bits per heavy atom. The fraction of sp³-hybridized carbons (Fsp3) is 0.240. The largest absolute Gasteiger partial charge is 0.494 e. The van der Waals surface area contributed by atoms with E-state index < -0.39 is 0 Å². The van der Waals surface area contributed by atoms with E-state index in [0.29, 0.717) is 17.5 Å². The van der Waals surface area contributed by atoms with Crippen molar-refractivity contribution in [2.75, 3.05) is 17.7 Å². The number of hydrogen-bond donors (Lipinski definition) is 1. The molecule has 0 aliphatic heterocycles. The number of anilines is 1. The maximum absolute atomic E-state index is 13.6. The van der Waals surface area contributed by atoms with Gasteiger partial charge >= 0.3 is 0 Å². The Balaban J connectivity index is 1.42. The minimum Gasteiger partial charge on any atom is -0.494 e. The standard InChI is InChI=1S/C25H23N3O3S2/c1-2-31-18-13-11-16(12-14-18)26-21(29)15-32-25-27-23-22(19-9-6-10-20(19)33-23)24(30)28(25)17-7-4-3-5-8-17/h3-5,7-8,11-14H,2,6,9-10,15H2,1H3,(H,26,29). The van der Waals surface area contributed by atoms with Crippen LogP contribution in [0.25, 0.3) is 15.9 Å². The molecule has 33 heavy (non-hydrogen) atoms. The number of thiophene rings is 1. The monoisotopic (exact) mass is 477 g/mol. The van der Waals surface area contributed by atoms with Crippen molar-refractivity contribution in [3.05, 3.63) is 75.4 Å². The van der Waals surface area contributed by atoms with Gasteiger partial charge in [0.2, 0.25) is 5.91 Å². The molecule has 2 aromatic carbocycles. The summed E-state index contributed by atoms with van der Waals surface area (Å²) in [5, 5.41) is 4.16. The Hall–Kier alpha value is -3.10. The van der Waals surface area contributed by atoms with Crippen LogP contribution in [0, 0.1) is 0 Å². The van der Waals surface area contributed by atoms with Crippen LogP contribution >= 0.6 is 23.1 Å². The van der Waals surface area contributed by atoms with E-state index in [1.54, 1.807) is 15.9 Å². The van der Waals surface area contributed by atoms with Gasteiger partial charge in [0, 0.05) is 10.6 Å². The summed E-state index contributed by atoms with van der Waals surface area (Å²) in [5.41, 5.74) is 2.55. The summed E-state index contributed by atoms with van der Waals surface area (Å²) in [6.07, 6.45) is 3.02. The molecular weight excluding hydrogens is 454 g/mol. The number of nitrogens with zero attached hydrogens (tertiary/aromatic N) is 2. The number of para-hydroxylation sites is 1. The van der Waals surface area contributed by atoms with Crippen molar-refractivity contribution in [2.45, 2.75) is 31.3 Å². The van der Waals surface area contributed by atoms with E-state index in [0.717, 1.165) is 46.5 Å². The van der Waals surface area contributed by atoms with Crippen LogP contribution in [0.3, 0.4) is 0 Å². The van der Waals surface area contributed by atoms with Crippen molar-refractivity contribution in [1.29, 1.82) is 0 Å². The lowest BCUT2D eigenvalue weighted by atomic mass is 10.2. The van der Waals surface area contributed by atoms with Gasteiger partial charge in [0.05, 0.1) is 23.4 Å². The van der Waals surface area contributed by atoms with Gasteiger partial charge in [-0.2, -0.15) is 0 Å². The second-order valence-corrected chi connectivity index (χ2v) is 9.73. The maximum Gasteiger partial charge on any atom is 0.267 e. The molecule has 1 aliphatic carbocycles. The molecule has 0 radical (unpaired) electrons. The molecule has 0 atom stereocenters. The Bertz CT molecular complexity index is 1360. The van der Waals surface area contributed by atoms with Crippen LogP contribution in [0.1, 0.15) is 23.8 Å². The highest BCUT2D eigenvalue weighted by molar-refractivity contribution is 7.99. The first kappa shape index (κ1) is 21.7. The van der Waals surface area contributed by atoms with Gasteiger partial charge in [-0.3, -0.25) is 14.2 Å². The predicted molar refractivity (Wildman–Crippen MR) is 134 cm³/mol. The second-order valence-electron chi connectivity index (χ2n) is 7.70. The number of rotatable bonds is 7. The minimum absolute atomic E-state index is 0.0555. The topological polar surface area (TPSA) is 73.2 Å². The normalized spacial score (nSPS) is 12.6. The third-order valence-electron chi connectivity index (χ3n) is 5.50. The number of benzene rings is 2. The van der Waals surface area contributed by atoms with Crippen LogP contribution in [-0.4, -0.2) is 27.8 Å². The molecule has 0 fully saturated rings. The zero-order valence-electron chi connectivity index (χ0n) is 18.2. The summed E-state index contributed by atoms with van der Waals surface area (Å²) in [4.78, 5) is 33.1. The van der Waals surface area contributed by atoms with Gasteiger partial charge in [-0.25, -0.2) is 4.98 Å². The number of amides is 1. The van der Waals surface area contributed by atoms with E-state index >= 15 is 0 Å². The smallest absolute Gasteiger partial charge is 0.267 e. The highest BCUT2D eigenvalue weighted by Gasteiger charge is 2.24. The first-order valence-corrected chi connectivity index (χ1v) is 12.7. The lowest BCUT2D eigenvalue weighted by Crippen LogP contribution is -2.23. The maximum atomic E-state index is 13.6. The van der Waals surface area contributed by atoms with Gasteiger partial charge in [-0.05, 0) is 68.1 Å². The molecule has 168 valence electrons. The van der Waals surface area contributed by atoms with Crippen LogP contribution in [0.5, 0.6) is 5.75 Å². The zero-order chi connectivity index (χ0) is 22.8. The molecule has 0 saturated carbocycles. The van der Waals surface area contributed by atoms with Gasteiger partial charge in [-0.15, -0.1) is 11.3 Å². The first-order valence-electron chi connectivity index (χ1n) is 10.9. The highest BCUT2D eigenvalue weighted by Crippen LogP contribution is 2.36. The summed E-state index contributed by atoms with van der Waals surface area (Å²) in [6, 6.07) is 16.8. The van der Waals surface area contributed by atoms with Crippen LogP contribution in [0.4, 0.5) is 5.69 Å². The molecule has 0 unspecified atom stereocenters. The van der Waals surface area contributed by atoms with Crippen LogP contribution < -0.4 is 15.6 Å². The molecule has 6 nitrogen and oxygen atoms in total. The highest BCUT2D eigenvalue weighted by atomic mass is 32.2. The number of fused-ring (bicyclic) bond motifs is 3. The average Bonchev–Trinajstić information content (AvgIpc) is 3.41. The van der Waals surface area contributed by atoms with Gasteiger partial charge in [0.15, 0.2) is 5.16 Å².